The van der Waals surface area contributed by atoms with Crippen LogP contribution in [-0.4, -0.2) is 41.9 Å². The highest BCUT2D eigenvalue weighted by molar-refractivity contribution is 7.08. The quantitative estimate of drug-likeness (QED) is 0.870. The summed E-state index contributed by atoms with van der Waals surface area (Å²) in [6.07, 6.45) is 0. The molecule has 6 heteroatoms. The number of hydrogen-bond acceptors (Lipinski definition) is 4. The average Bonchev–Trinajstić information content (AvgIpc) is 3.12. The Bertz CT molecular complexity index is 700. The van der Waals surface area contributed by atoms with Gasteiger partial charge in [-0.2, -0.15) is 16.6 Å². The van der Waals surface area contributed by atoms with Gasteiger partial charge in [0.1, 0.15) is 11.9 Å². The van der Waals surface area contributed by atoms with E-state index in [4.69, 9.17) is 0 Å². The van der Waals surface area contributed by atoms with Crippen molar-refractivity contribution in [1.82, 2.24) is 9.80 Å². The van der Waals surface area contributed by atoms with E-state index >= 15 is 0 Å². The van der Waals surface area contributed by atoms with E-state index in [0.717, 1.165) is 11.1 Å². The highest BCUT2D eigenvalue weighted by atomic mass is 32.1. The molecule has 2 heterocycles. The molecule has 1 saturated heterocycles. The predicted octanol–water partition coefficient (Wildman–Crippen LogP) is 2.91. The van der Waals surface area contributed by atoms with Crippen molar-refractivity contribution in [3.8, 4) is 6.07 Å². The van der Waals surface area contributed by atoms with Gasteiger partial charge in [-0.05, 0) is 29.1 Å². The third-order valence-corrected chi connectivity index (χ3v) is 4.73. The predicted molar refractivity (Wildman–Crippen MR) is 86.5 cm³/mol. The van der Waals surface area contributed by atoms with Crippen LogP contribution >= 0.6 is 11.3 Å². The summed E-state index contributed by atoms with van der Waals surface area (Å²) in [7, 11) is 0. The van der Waals surface area contributed by atoms with Gasteiger partial charge in [-0.25, -0.2) is 4.39 Å². The summed E-state index contributed by atoms with van der Waals surface area (Å²) in [5, 5.41) is 13.2. The molecule has 1 fully saturated rings. The number of rotatable bonds is 3. The average molecular weight is 329 g/mol. The van der Waals surface area contributed by atoms with Crippen molar-refractivity contribution in [2.24, 2.45) is 0 Å². The first-order valence-corrected chi connectivity index (χ1v) is 8.34. The molecule has 0 aliphatic carbocycles. The zero-order valence-corrected chi connectivity index (χ0v) is 13.3. The fourth-order valence-corrected chi connectivity index (χ4v) is 3.39. The summed E-state index contributed by atoms with van der Waals surface area (Å²) in [5.41, 5.74) is 1.50. The molecule has 1 aliphatic heterocycles. The van der Waals surface area contributed by atoms with Gasteiger partial charge in [-0.15, -0.1) is 0 Å². The zero-order valence-electron chi connectivity index (χ0n) is 12.5. The Morgan fingerprint density at radius 3 is 2.43 bits per heavy atom. The standard InChI is InChI=1S/C17H16FN3OS/c18-15-3-1-13(2-4-15)16(11-19)20-6-8-21(9-7-20)17(22)14-5-10-23-12-14/h1-5,10,12,16H,6-9H2/t16-/m1/s1. The molecule has 4 nitrogen and oxygen atoms in total. The van der Waals surface area contributed by atoms with Crippen LogP contribution in [-0.2, 0) is 0 Å². The molecular formula is C17H16FN3OS. The molecule has 0 radical (unpaired) electrons. The summed E-state index contributed by atoms with van der Waals surface area (Å²) in [4.78, 5) is 16.2. The van der Waals surface area contributed by atoms with E-state index in [1.165, 1.54) is 23.5 Å². The Morgan fingerprint density at radius 1 is 1.17 bits per heavy atom. The molecule has 0 spiro atoms. The monoisotopic (exact) mass is 329 g/mol. The number of thiophene rings is 1. The third-order valence-electron chi connectivity index (χ3n) is 4.04. The van der Waals surface area contributed by atoms with E-state index in [0.29, 0.717) is 26.2 Å². The minimum Gasteiger partial charge on any atom is -0.336 e. The molecule has 1 aromatic heterocycles. The van der Waals surface area contributed by atoms with Crippen molar-refractivity contribution >= 4 is 17.2 Å². The van der Waals surface area contributed by atoms with E-state index in [-0.39, 0.29) is 11.7 Å². The van der Waals surface area contributed by atoms with Crippen LogP contribution in [0.1, 0.15) is 22.0 Å². The van der Waals surface area contributed by atoms with Crippen LogP contribution in [0.3, 0.4) is 0 Å². The van der Waals surface area contributed by atoms with Gasteiger partial charge in [0.25, 0.3) is 5.91 Å². The lowest BCUT2D eigenvalue weighted by molar-refractivity contribution is 0.0607. The Kier molecular flexibility index (Phi) is 4.70. The lowest BCUT2D eigenvalue weighted by atomic mass is 10.1. The maximum absolute atomic E-state index is 13.0. The van der Waals surface area contributed by atoms with Crippen LogP contribution in [0, 0.1) is 17.1 Å². The number of nitrogens with zero attached hydrogens (tertiary/aromatic N) is 3. The Morgan fingerprint density at radius 2 is 1.87 bits per heavy atom. The summed E-state index contributed by atoms with van der Waals surface area (Å²) in [6, 6.07) is 9.73. The molecule has 0 unspecified atom stereocenters. The third kappa shape index (κ3) is 3.41. The highest BCUT2D eigenvalue weighted by Gasteiger charge is 2.27. The summed E-state index contributed by atoms with van der Waals surface area (Å²) in [5.74, 6) is -0.266. The van der Waals surface area contributed by atoms with Crippen molar-refractivity contribution in [2.75, 3.05) is 26.2 Å². The molecule has 1 amide bonds. The van der Waals surface area contributed by atoms with Gasteiger partial charge >= 0.3 is 0 Å². The van der Waals surface area contributed by atoms with Crippen LogP contribution in [0.2, 0.25) is 0 Å². The van der Waals surface area contributed by atoms with Gasteiger partial charge < -0.3 is 4.90 Å². The molecule has 0 saturated carbocycles. The van der Waals surface area contributed by atoms with E-state index in [9.17, 15) is 14.4 Å². The zero-order chi connectivity index (χ0) is 16.2. The number of nitriles is 1. The van der Waals surface area contributed by atoms with E-state index in [1.54, 1.807) is 12.1 Å². The number of halogens is 1. The fraction of sp³-hybridized carbons (Fsp3) is 0.294. The second-order valence-corrected chi connectivity index (χ2v) is 6.20. The number of hydrogen-bond donors (Lipinski definition) is 0. The van der Waals surface area contributed by atoms with Gasteiger partial charge in [0, 0.05) is 31.6 Å². The minimum absolute atomic E-state index is 0.0428. The van der Waals surface area contributed by atoms with Crippen LogP contribution in [0.15, 0.2) is 41.1 Å². The summed E-state index contributed by atoms with van der Waals surface area (Å²) < 4.78 is 13.0. The topological polar surface area (TPSA) is 47.3 Å². The van der Waals surface area contributed by atoms with Gasteiger partial charge in [-0.3, -0.25) is 9.69 Å². The Balaban J connectivity index is 1.64. The number of carbonyl (C=O) groups is 1. The number of amides is 1. The Labute approximate surface area is 138 Å². The SMILES string of the molecule is N#C[C@H](c1ccc(F)cc1)N1CCN(C(=O)c2ccsc2)CC1. The fourth-order valence-electron chi connectivity index (χ4n) is 2.76. The molecular weight excluding hydrogens is 313 g/mol. The van der Waals surface area contributed by atoms with Crippen LogP contribution < -0.4 is 0 Å². The van der Waals surface area contributed by atoms with Crippen molar-refractivity contribution in [2.45, 2.75) is 6.04 Å². The molecule has 0 bridgehead atoms. The Hall–Kier alpha value is -2.23. The van der Waals surface area contributed by atoms with Gasteiger partial charge in [0.15, 0.2) is 0 Å². The van der Waals surface area contributed by atoms with Crippen LogP contribution in [0.4, 0.5) is 4.39 Å². The molecule has 3 rings (SSSR count). The van der Waals surface area contributed by atoms with E-state index < -0.39 is 6.04 Å². The molecule has 0 N–H and O–H groups in total. The van der Waals surface area contributed by atoms with Crippen molar-refractivity contribution in [3.63, 3.8) is 0 Å². The minimum atomic E-state index is -0.408. The molecule has 23 heavy (non-hydrogen) atoms. The largest absolute Gasteiger partial charge is 0.336 e. The van der Waals surface area contributed by atoms with Crippen LogP contribution in [0.25, 0.3) is 0 Å². The number of carbonyl (C=O) groups excluding carboxylic acids is 1. The first kappa shape index (κ1) is 15.7. The maximum atomic E-state index is 13.0. The highest BCUT2D eigenvalue weighted by Crippen LogP contribution is 2.22. The molecule has 1 aromatic carbocycles. The van der Waals surface area contributed by atoms with Crippen molar-refractivity contribution < 1.29 is 9.18 Å². The molecule has 1 atom stereocenters. The normalized spacial score (nSPS) is 16.8. The first-order chi connectivity index (χ1) is 11.2. The van der Waals surface area contributed by atoms with E-state index in [2.05, 4.69) is 6.07 Å². The second-order valence-electron chi connectivity index (χ2n) is 5.42. The van der Waals surface area contributed by atoms with Crippen molar-refractivity contribution in [3.05, 3.63) is 58.0 Å². The summed E-state index contributed by atoms with van der Waals surface area (Å²) in [6.45, 7) is 2.44. The maximum Gasteiger partial charge on any atom is 0.254 e. The summed E-state index contributed by atoms with van der Waals surface area (Å²) >= 11 is 1.51. The van der Waals surface area contributed by atoms with Crippen molar-refractivity contribution in [1.29, 1.82) is 5.26 Å². The smallest absolute Gasteiger partial charge is 0.254 e. The van der Waals surface area contributed by atoms with Crippen LogP contribution in [0.5, 0.6) is 0 Å². The van der Waals surface area contributed by atoms with Gasteiger partial charge in [0.2, 0.25) is 0 Å². The number of benzene rings is 1. The lowest BCUT2D eigenvalue weighted by Crippen LogP contribution is -2.49. The molecule has 2 aromatic rings. The second kappa shape index (κ2) is 6.90. The van der Waals surface area contributed by atoms with E-state index in [1.807, 2.05) is 26.6 Å². The molecule has 1 aliphatic rings. The first-order valence-electron chi connectivity index (χ1n) is 7.39. The molecule has 118 valence electrons. The van der Waals surface area contributed by atoms with Gasteiger partial charge in [0.05, 0.1) is 11.6 Å². The van der Waals surface area contributed by atoms with Gasteiger partial charge in [-0.1, -0.05) is 12.1 Å². The number of piperazine rings is 1. The lowest BCUT2D eigenvalue weighted by Gasteiger charge is -2.37.